The summed E-state index contributed by atoms with van der Waals surface area (Å²) >= 11 is 15.8. The van der Waals surface area contributed by atoms with Crippen LogP contribution in [0.1, 0.15) is 23.6 Å². The predicted molar refractivity (Wildman–Crippen MR) is 139 cm³/mol. The second-order valence-corrected chi connectivity index (χ2v) is 9.15. The molecule has 174 valence electrons. The average molecular weight is 552 g/mol. The first kappa shape index (κ1) is 25.2. The second-order valence-electron chi connectivity index (χ2n) is 7.45. The third-order valence-electron chi connectivity index (χ3n) is 4.85. The number of nitrogens with one attached hydrogen (secondary N) is 2. The Morgan fingerprint density at radius 3 is 2.48 bits per heavy atom. The van der Waals surface area contributed by atoms with Crippen LogP contribution < -0.4 is 20.1 Å². The summed E-state index contributed by atoms with van der Waals surface area (Å²) in [7, 11) is 0. The van der Waals surface area contributed by atoms with Crippen LogP contribution in [0.15, 0.2) is 53.0 Å². The first-order valence-electron chi connectivity index (χ1n) is 10.4. The van der Waals surface area contributed by atoms with E-state index in [9.17, 15) is 4.79 Å². The van der Waals surface area contributed by atoms with Gasteiger partial charge in [-0.05, 0) is 89.8 Å². The molecule has 0 radical (unpaired) electrons. The van der Waals surface area contributed by atoms with Gasteiger partial charge in [-0.1, -0.05) is 35.3 Å². The normalized spacial score (nSPS) is 10.6. The third-order valence-corrected chi connectivity index (χ3v) is 6.09. The summed E-state index contributed by atoms with van der Waals surface area (Å²) in [6.07, 6.45) is 0. The standard InChI is InChI=1S/C25H25BrCl2N2O3/c1-4-32-23-10-17(13-29-22-11-18(27)7-5-16(22)3)9-20(26)25(23)33-14-24(31)30-19-8-6-15(2)21(28)12-19/h5-12,29H,4,13-14H2,1-3H3,(H,30,31). The monoisotopic (exact) mass is 550 g/mol. The number of ether oxygens (including phenoxy) is 2. The van der Waals surface area contributed by atoms with Gasteiger partial charge in [-0.15, -0.1) is 0 Å². The molecule has 0 saturated carbocycles. The van der Waals surface area contributed by atoms with Gasteiger partial charge in [0.25, 0.3) is 5.91 Å². The molecule has 0 aliphatic heterocycles. The van der Waals surface area contributed by atoms with Crippen molar-refractivity contribution in [1.29, 1.82) is 0 Å². The Balaban J connectivity index is 1.69. The number of halogens is 3. The van der Waals surface area contributed by atoms with E-state index in [1.165, 1.54) is 0 Å². The Morgan fingerprint density at radius 1 is 1.00 bits per heavy atom. The fourth-order valence-electron chi connectivity index (χ4n) is 3.11. The number of carbonyl (C=O) groups is 1. The molecule has 0 spiro atoms. The molecule has 0 aliphatic carbocycles. The number of hydrogen-bond acceptors (Lipinski definition) is 4. The smallest absolute Gasteiger partial charge is 0.262 e. The Bertz CT molecular complexity index is 1150. The predicted octanol–water partition coefficient (Wildman–Crippen LogP) is 7.40. The summed E-state index contributed by atoms with van der Waals surface area (Å²) in [5.74, 6) is 0.723. The van der Waals surface area contributed by atoms with Gasteiger partial charge in [0.1, 0.15) is 0 Å². The second kappa shape index (κ2) is 11.6. The van der Waals surface area contributed by atoms with Crippen LogP contribution in [0.3, 0.4) is 0 Å². The van der Waals surface area contributed by atoms with E-state index in [1.54, 1.807) is 12.1 Å². The zero-order valence-corrected chi connectivity index (χ0v) is 21.7. The molecule has 33 heavy (non-hydrogen) atoms. The minimum Gasteiger partial charge on any atom is -0.490 e. The minimum atomic E-state index is -0.300. The maximum Gasteiger partial charge on any atom is 0.262 e. The van der Waals surface area contributed by atoms with Crippen molar-refractivity contribution in [2.45, 2.75) is 27.3 Å². The van der Waals surface area contributed by atoms with Crippen LogP contribution in [-0.2, 0) is 11.3 Å². The summed E-state index contributed by atoms with van der Waals surface area (Å²) in [6.45, 7) is 6.66. The lowest BCUT2D eigenvalue weighted by molar-refractivity contribution is -0.118. The van der Waals surface area contributed by atoms with E-state index in [1.807, 2.05) is 57.2 Å². The molecule has 3 aromatic rings. The number of hydrogen-bond donors (Lipinski definition) is 2. The number of aryl methyl sites for hydroxylation is 2. The fraction of sp³-hybridized carbons (Fsp3) is 0.240. The summed E-state index contributed by atoms with van der Waals surface area (Å²) in [5, 5.41) is 7.45. The van der Waals surface area contributed by atoms with E-state index >= 15 is 0 Å². The Morgan fingerprint density at radius 2 is 1.76 bits per heavy atom. The molecule has 2 N–H and O–H groups in total. The van der Waals surface area contributed by atoms with Crippen LogP contribution in [0.5, 0.6) is 11.5 Å². The lowest BCUT2D eigenvalue weighted by Crippen LogP contribution is -2.20. The number of amides is 1. The van der Waals surface area contributed by atoms with Gasteiger partial charge in [-0.2, -0.15) is 0 Å². The summed E-state index contributed by atoms with van der Waals surface area (Å²) in [4.78, 5) is 12.4. The van der Waals surface area contributed by atoms with Crippen molar-refractivity contribution in [3.63, 3.8) is 0 Å². The summed E-state index contributed by atoms with van der Waals surface area (Å²) in [5.41, 5.74) is 4.60. The number of rotatable bonds is 9. The van der Waals surface area contributed by atoms with Crippen molar-refractivity contribution in [1.82, 2.24) is 0 Å². The molecule has 0 heterocycles. The Labute approximate surface area is 212 Å². The molecule has 0 saturated heterocycles. The van der Waals surface area contributed by atoms with Crippen molar-refractivity contribution in [2.24, 2.45) is 0 Å². The van der Waals surface area contributed by atoms with Crippen LogP contribution in [0.4, 0.5) is 11.4 Å². The van der Waals surface area contributed by atoms with Crippen LogP contribution in [0.25, 0.3) is 0 Å². The van der Waals surface area contributed by atoms with E-state index in [2.05, 4.69) is 26.6 Å². The van der Waals surface area contributed by atoms with Gasteiger partial charge < -0.3 is 20.1 Å². The maximum atomic E-state index is 12.4. The van der Waals surface area contributed by atoms with Crippen LogP contribution in [0.2, 0.25) is 10.0 Å². The van der Waals surface area contributed by atoms with Crippen molar-refractivity contribution in [2.75, 3.05) is 23.8 Å². The van der Waals surface area contributed by atoms with E-state index in [4.69, 9.17) is 32.7 Å². The maximum absolute atomic E-state index is 12.4. The largest absolute Gasteiger partial charge is 0.490 e. The molecule has 8 heteroatoms. The molecule has 0 fully saturated rings. The highest BCUT2D eigenvalue weighted by molar-refractivity contribution is 9.10. The molecular formula is C25H25BrCl2N2O3. The van der Waals surface area contributed by atoms with Crippen molar-refractivity contribution in [3.8, 4) is 11.5 Å². The average Bonchev–Trinajstić information content (AvgIpc) is 2.76. The van der Waals surface area contributed by atoms with E-state index in [-0.39, 0.29) is 12.5 Å². The van der Waals surface area contributed by atoms with Gasteiger partial charge in [0.05, 0.1) is 11.1 Å². The molecule has 0 atom stereocenters. The van der Waals surface area contributed by atoms with Gasteiger partial charge in [0.2, 0.25) is 0 Å². The van der Waals surface area contributed by atoms with Crippen molar-refractivity contribution in [3.05, 3.63) is 79.7 Å². The van der Waals surface area contributed by atoms with E-state index in [0.29, 0.717) is 44.9 Å². The van der Waals surface area contributed by atoms with Gasteiger partial charge in [-0.25, -0.2) is 0 Å². The SMILES string of the molecule is CCOc1cc(CNc2cc(Cl)ccc2C)cc(Br)c1OCC(=O)Nc1ccc(C)c(Cl)c1. The lowest BCUT2D eigenvalue weighted by atomic mass is 10.1. The van der Waals surface area contributed by atoms with Crippen molar-refractivity contribution >= 4 is 56.4 Å². The number of carbonyl (C=O) groups excluding carboxylic acids is 1. The van der Waals surface area contributed by atoms with E-state index < -0.39 is 0 Å². The minimum absolute atomic E-state index is 0.177. The Kier molecular flexibility index (Phi) is 8.89. The van der Waals surface area contributed by atoms with Gasteiger partial charge in [0.15, 0.2) is 18.1 Å². The highest BCUT2D eigenvalue weighted by atomic mass is 79.9. The molecule has 0 aromatic heterocycles. The topological polar surface area (TPSA) is 59.6 Å². The number of benzene rings is 3. The zero-order valence-electron chi connectivity index (χ0n) is 18.6. The van der Waals surface area contributed by atoms with E-state index in [0.717, 1.165) is 22.4 Å². The number of anilines is 2. The molecule has 0 aliphatic rings. The van der Waals surface area contributed by atoms with Crippen molar-refractivity contribution < 1.29 is 14.3 Å². The molecule has 0 bridgehead atoms. The zero-order chi connectivity index (χ0) is 24.0. The summed E-state index contributed by atoms with van der Waals surface area (Å²) in [6, 6.07) is 14.9. The summed E-state index contributed by atoms with van der Waals surface area (Å²) < 4.78 is 12.3. The Hall–Kier alpha value is -2.41. The molecule has 1 amide bonds. The fourth-order valence-corrected chi connectivity index (χ4v) is 4.07. The molecule has 3 aromatic carbocycles. The first-order chi connectivity index (χ1) is 15.8. The molecule has 3 rings (SSSR count). The van der Waals surface area contributed by atoms with Crippen LogP contribution >= 0.6 is 39.1 Å². The van der Waals surface area contributed by atoms with Crippen LogP contribution in [-0.4, -0.2) is 19.1 Å². The quantitative estimate of drug-likeness (QED) is 0.291. The molecule has 5 nitrogen and oxygen atoms in total. The molecule has 0 unspecified atom stereocenters. The highest BCUT2D eigenvalue weighted by Gasteiger charge is 2.15. The van der Waals surface area contributed by atoms with Gasteiger partial charge in [0, 0.05) is 28.0 Å². The van der Waals surface area contributed by atoms with Gasteiger partial charge in [-0.3, -0.25) is 4.79 Å². The molecular weight excluding hydrogens is 527 g/mol. The first-order valence-corrected chi connectivity index (χ1v) is 12.0. The lowest BCUT2D eigenvalue weighted by Gasteiger charge is -2.16. The van der Waals surface area contributed by atoms with Crippen LogP contribution in [0, 0.1) is 13.8 Å². The highest BCUT2D eigenvalue weighted by Crippen LogP contribution is 2.37. The third kappa shape index (κ3) is 7.03. The van der Waals surface area contributed by atoms with Gasteiger partial charge >= 0.3 is 0 Å².